The third-order valence-corrected chi connectivity index (χ3v) is 5.18. The number of aromatic nitrogens is 2. The van der Waals surface area contributed by atoms with E-state index in [2.05, 4.69) is 9.98 Å². The lowest BCUT2D eigenvalue weighted by Gasteiger charge is -2.17. The van der Waals surface area contributed by atoms with Crippen molar-refractivity contribution < 1.29 is 4.79 Å². The van der Waals surface area contributed by atoms with Crippen molar-refractivity contribution in [3.8, 4) is 0 Å². The van der Waals surface area contributed by atoms with Crippen LogP contribution in [0.1, 0.15) is 5.82 Å². The molecule has 1 amide bonds. The first-order valence-corrected chi connectivity index (χ1v) is 8.68. The highest BCUT2D eigenvalue weighted by atomic mass is 32.2. The quantitative estimate of drug-likeness (QED) is 0.663. The number of imidazole rings is 1. The van der Waals surface area contributed by atoms with E-state index in [9.17, 15) is 4.79 Å². The van der Waals surface area contributed by atoms with Gasteiger partial charge in [0.2, 0.25) is 0 Å². The van der Waals surface area contributed by atoms with Crippen molar-refractivity contribution >= 4 is 45.6 Å². The summed E-state index contributed by atoms with van der Waals surface area (Å²) in [5.41, 5.74) is 2.94. The molecule has 0 spiro atoms. The lowest BCUT2D eigenvalue weighted by Crippen LogP contribution is -2.21. The Bertz CT molecular complexity index is 1020. The fourth-order valence-corrected chi connectivity index (χ4v) is 3.58. The first kappa shape index (κ1) is 15.7. The largest absolute Gasteiger partial charge is 0.328 e. The van der Waals surface area contributed by atoms with Crippen LogP contribution in [0.5, 0.6) is 0 Å². The Hall–Kier alpha value is -2.86. The van der Waals surface area contributed by atoms with Gasteiger partial charge in [-0.1, -0.05) is 30.3 Å². The van der Waals surface area contributed by atoms with Crippen molar-refractivity contribution in [2.45, 2.75) is 0 Å². The number of thioether (sulfide) groups is 1. The molecule has 1 aliphatic heterocycles. The zero-order chi connectivity index (χ0) is 17.4. The molecule has 1 aromatic heterocycles. The number of aliphatic imine (C=N–C) groups is 1. The zero-order valence-corrected chi connectivity index (χ0v) is 14.7. The van der Waals surface area contributed by atoms with Gasteiger partial charge in [-0.15, -0.1) is 0 Å². The van der Waals surface area contributed by atoms with E-state index < -0.39 is 0 Å². The van der Waals surface area contributed by atoms with Gasteiger partial charge >= 0.3 is 0 Å². The van der Waals surface area contributed by atoms with Gasteiger partial charge in [-0.05, 0) is 36.0 Å². The molecule has 6 heteroatoms. The van der Waals surface area contributed by atoms with Crippen molar-refractivity contribution in [3.63, 3.8) is 0 Å². The monoisotopic (exact) mass is 348 g/mol. The van der Waals surface area contributed by atoms with Crippen LogP contribution in [0.25, 0.3) is 17.1 Å². The van der Waals surface area contributed by atoms with E-state index in [0.29, 0.717) is 10.1 Å². The average Bonchev–Trinajstić information content (AvgIpc) is 3.16. The molecular formula is C19H16N4OS. The standard InChI is InChI=1S/C19H16N4OS/c1-22(13-8-4-3-5-9-13)19-21-18(24)16(25-19)12-17-20-14-10-6-7-11-15(14)23(17)2/h3-12H,1-2H3/b16-12+. The number of carbonyl (C=O) groups is 1. The van der Waals surface area contributed by atoms with Crippen LogP contribution in [0.15, 0.2) is 64.5 Å². The average molecular weight is 348 g/mol. The van der Waals surface area contributed by atoms with E-state index in [0.717, 1.165) is 22.5 Å². The molecular weight excluding hydrogens is 332 g/mol. The number of amidine groups is 1. The topological polar surface area (TPSA) is 50.5 Å². The maximum atomic E-state index is 12.3. The highest BCUT2D eigenvalue weighted by molar-refractivity contribution is 8.18. The fraction of sp³-hybridized carbons (Fsp3) is 0.105. The molecule has 0 aliphatic carbocycles. The molecule has 124 valence electrons. The summed E-state index contributed by atoms with van der Waals surface area (Å²) in [5.74, 6) is 0.519. The fourth-order valence-electron chi connectivity index (χ4n) is 2.71. The first-order valence-electron chi connectivity index (χ1n) is 7.86. The van der Waals surface area contributed by atoms with Gasteiger partial charge in [-0.25, -0.2) is 4.98 Å². The molecule has 25 heavy (non-hydrogen) atoms. The number of hydrogen-bond donors (Lipinski definition) is 0. The summed E-state index contributed by atoms with van der Waals surface area (Å²) in [6.07, 6.45) is 1.81. The molecule has 0 radical (unpaired) electrons. The molecule has 5 nitrogen and oxygen atoms in total. The minimum Gasteiger partial charge on any atom is -0.328 e. The molecule has 0 atom stereocenters. The number of fused-ring (bicyclic) bond motifs is 1. The molecule has 2 heterocycles. The highest BCUT2D eigenvalue weighted by Gasteiger charge is 2.25. The Morgan fingerprint density at radius 3 is 2.56 bits per heavy atom. The number of rotatable bonds is 2. The SMILES string of the molecule is CN(C1=NC(=O)/C(=C\c2nc3ccccc3n2C)S1)c1ccccc1. The summed E-state index contributed by atoms with van der Waals surface area (Å²) >= 11 is 1.37. The lowest BCUT2D eigenvalue weighted by molar-refractivity contribution is -0.113. The Morgan fingerprint density at radius 1 is 1.08 bits per heavy atom. The highest BCUT2D eigenvalue weighted by Crippen LogP contribution is 2.31. The number of para-hydroxylation sites is 3. The number of benzene rings is 2. The van der Waals surface area contributed by atoms with E-state index in [1.54, 1.807) is 0 Å². The number of carbonyl (C=O) groups excluding carboxylic acids is 1. The van der Waals surface area contributed by atoms with Crippen LogP contribution < -0.4 is 4.90 Å². The van der Waals surface area contributed by atoms with Crippen LogP contribution in [0.3, 0.4) is 0 Å². The van der Waals surface area contributed by atoms with Gasteiger partial charge in [0.25, 0.3) is 5.91 Å². The summed E-state index contributed by atoms with van der Waals surface area (Å²) in [7, 11) is 3.86. The number of amides is 1. The van der Waals surface area contributed by atoms with E-state index in [4.69, 9.17) is 0 Å². The van der Waals surface area contributed by atoms with E-state index >= 15 is 0 Å². The lowest BCUT2D eigenvalue weighted by atomic mass is 10.3. The second-order valence-corrected chi connectivity index (χ2v) is 6.73. The van der Waals surface area contributed by atoms with Gasteiger partial charge < -0.3 is 9.47 Å². The Labute approximate surface area is 149 Å². The number of hydrogen-bond acceptors (Lipinski definition) is 4. The normalized spacial score (nSPS) is 15.8. The van der Waals surface area contributed by atoms with Gasteiger partial charge in [0.1, 0.15) is 5.82 Å². The van der Waals surface area contributed by atoms with Crippen LogP contribution in [0.2, 0.25) is 0 Å². The van der Waals surface area contributed by atoms with E-state index in [1.807, 2.05) is 84.2 Å². The second kappa shape index (κ2) is 6.22. The molecule has 1 aliphatic rings. The van der Waals surface area contributed by atoms with Crippen molar-refractivity contribution in [2.75, 3.05) is 11.9 Å². The summed E-state index contributed by atoms with van der Waals surface area (Å²) in [4.78, 5) is 23.6. The van der Waals surface area contributed by atoms with Gasteiger partial charge in [-0.2, -0.15) is 4.99 Å². The van der Waals surface area contributed by atoms with Gasteiger partial charge in [0, 0.05) is 25.9 Å². The minimum atomic E-state index is -0.227. The van der Waals surface area contributed by atoms with Crippen molar-refractivity contribution in [3.05, 3.63) is 65.3 Å². The van der Waals surface area contributed by atoms with E-state index in [-0.39, 0.29) is 5.91 Å². The summed E-state index contributed by atoms with van der Waals surface area (Å²) < 4.78 is 1.98. The van der Waals surface area contributed by atoms with Crippen molar-refractivity contribution in [1.29, 1.82) is 0 Å². The summed E-state index contributed by atoms with van der Waals surface area (Å²) in [6, 6.07) is 17.8. The third-order valence-electron chi connectivity index (χ3n) is 4.12. The predicted molar refractivity (Wildman–Crippen MR) is 104 cm³/mol. The predicted octanol–water partition coefficient (Wildman–Crippen LogP) is 3.68. The van der Waals surface area contributed by atoms with Crippen LogP contribution in [0, 0.1) is 0 Å². The molecule has 3 aromatic rings. The number of aryl methyl sites for hydroxylation is 1. The molecule has 0 fully saturated rings. The third kappa shape index (κ3) is 2.85. The molecule has 0 N–H and O–H groups in total. The van der Waals surface area contributed by atoms with E-state index in [1.165, 1.54) is 11.8 Å². The van der Waals surface area contributed by atoms with Gasteiger partial charge in [0.15, 0.2) is 5.17 Å². The first-order chi connectivity index (χ1) is 12.1. The maximum absolute atomic E-state index is 12.3. The molecule has 0 bridgehead atoms. The smallest absolute Gasteiger partial charge is 0.286 e. The van der Waals surface area contributed by atoms with Crippen LogP contribution in [0.4, 0.5) is 5.69 Å². The van der Waals surface area contributed by atoms with Crippen LogP contribution in [-0.4, -0.2) is 27.7 Å². The zero-order valence-electron chi connectivity index (χ0n) is 13.9. The number of anilines is 1. The molecule has 4 rings (SSSR count). The summed E-state index contributed by atoms with van der Waals surface area (Å²) in [6.45, 7) is 0. The Kier molecular flexibility index (Phi) is 3.89. The number of nitrogens with zero attached hydrogens (tertiary/aromatic N) is 4. The molecule has 0 saturated heterocycles. The van der Waals surface area contributed by atoms with Crippen LogP contribution >= 0.6 is 11.8 Å². The molecule has 0 saturated carbocycles. The van der Waals surface area contributed by atoms with Gasteiger partial charge in [-0.3, -0.25) is 4.79 Å². The Morgan fingerprint density at radius 2 is 1.80 bits per heavy atom. The minimum absolute atomic E-state index is 0.227. The van der Waals surface area contributed by atoms with Gasteiger partial charge in [0.05, 0.1) is 15.9 Å². The van der Waals surface area contributed by atoms with Crippen LogP contribution in [-0.2, 0) is 11.8 Å². The Balaban J connectivity index is 1.63. The molecule has 0 unspecified atom stereocenters. The second-order valence-electron chi connectivity index (χ2n) is 5.72. The molecule has 2 aromatic carbocycles. The summed E-state index contributed by atoms with van der Waals surface area (Å²) in [5, 5.41) is 0.668. The van der Waals surface area contributed by atoms with Crippen molar-refractivity contribution in [2.24, 2.45) is 12.0 Å². The maximum Gasteiger partial charge on any atom is 0.286 e. The van der Waals surface area contributed by atoms with Crippen molar-refractivity contribution in [1.82, 2.24) is 9.55 Å².